The maximum absolute atomic E-state index is 13.7. The molecule has 4 heteroatoms. The van der Waals surface area contributed by atoms with Gasteiger partial charge in [0, 0.05) is 25.6 Å². The van der Waals surface area contributed by atoms with Crippen LogP contribution < -0.4 is 5.73 Å². The lowest BCUT2D eigenvalue weighted by Crippen LogP contribution is -2.39. The molecule has 0 bridgehead atoms. The minimum Gasteiger partial charge on any atom is -0.341 e. The van der Waals surface area contributed by atoms with Gasteiger partial charge in [0.2, 0.25) is 5.91 Å². The minimum atomic E-state index is -0.261. The van der Waals surface area contributed by atoms with Gasteiger partial charge in [-0.3, -0.25) is 4.79 Å². The zero-order valence-electron chi connectivity index (χ0n) is 12.8. The standard InChI is InChI=1S/C17H25FN2O/c1-20(12-14-7-3-4-8-15(14)18)16(21)11-17(13-19)9-5-2-6-10-17/h3-4,7-8H,2,5-6,9-13,19H2,1H3. The number of nitrogens with two attached hydrogens (primary N) is 1. The van der Waals surface area contributed by atoms with Crippen molar-refractivity contribution in [1.82, 2.24) is 4.90 Å². The molecule has 2 N–H and O–H groups in total. The maximum atomic E-state index is 13.7. The fourth-order valence-corrected chi connectivity index (χ4v) is 3.18. The van der Waals surface area contributed by atoms with Crippen LogP contribution in [-0.4, -0.2) is 24.4 Å². The fourth-order valence-electron chi connectivity index (χ4n) is 3.18. The van der Waals surface area contributed by atoms with Gasteiger partial charge in [0.05, 0.1) is 0 Å². The van der Waals surface area contributed by atoms with Crippen LogP contribution in [0.1, 0.15) is 44.1 Å². The summed E-state index contributed by atoms with van der Waals surface area (Å²) in [4.78, 5) is 14.1. The van der Waals surface area contributed by atoms with E-state index in [9.17, 15) is 9.18 Å². The monoisotopic (exact) mass is 292 g/mol. The van der Waals surface area contributed by atoms with Gasteiger partial charge in [-0.05, 0) is 30.9 Å². The molecule has 0 aliphatic heterocycles. The number of rotatable bonds is 5. The van der Waals surface area contributed by atoms with Crippen molar-refractivity contribution in [2.45, 2.75) is 45.1 Å². The predicted octanol–water partition coefficient (Wildman–Crippen LogP) is 3.08. The highest BCUT2D eigenvalue weighted by Gasteiger charge is 2.33. The number of carbonyl (C=O) groups is 1. The number of amides is 1. The topological polar surface area (TPSA) is 46.3 Å². The van der Waals surface area contributed by atoms with Crippen LogP contribution in [0.15, 0.2) is 24.3 Å². The molecule has 0 radical (unpaired) electrons. The van der Waals surface area contributed by atoms with E-state index in [1.807, 2.05) is 0 Å². The summed E-state index contributed by atoms with van der Waals surface area (Å²) < 4.78 is 13.7. The van der Waals surface area contributed by atoms with E-state index in [0.717, 1.165) is 25.7 Å². The highest BCUT2D eigenvalue weighted by molar-refractivity contribution is 5.76. The molecule has 1 aromatic carbocycles. The third kappa shape index (κ3) is 4.03. The summed E-state index contributed by atoms with van der Waals surface area (Å²) in [5.41, 5.74) is 6.44. The third-order valence-electron chi connectivity index (χ3n) is 4.66. The van der Waals surface area contributed by atoms with Crippen molar-refractivity contribution in [3.8, 4) is 0 Å². The SMILES string of the molecule is CN(Cc1ccccc1F)C(=O)CC1(CN)CCCCC1. The van der Waals surface area contributed by atoms with E-state index in [1.165, 1.54) is 12.5 Å². The van der Waals surface area contributed by atoms with Crippen LogP contribution in [0.3, 0.4) is 0 Å². The summed E-state index contributed by atoms with van der Waals surface area (Å²) in [7, 11) is 1.74. The molecule has 2 rings (SSSR count). The van der Waals surface area contributed by atoms with Gasteiger partial charge in [-0.25, -0.2) is 4.39 Å². The van der Waals surface area contributed by atoms with Crippen molar-refractivity contribution >= 4 is 5.91 Å². The number of carbonyl (C=O) groups excluding carboxylic acids is 1. The number of benzene rings is 1. The van der Waals surface area contributed by atoms with Gasteiger partial charge in [-0.15, -0.1) is 0 Å². The second kappa shape index (κ2) is 7.03. The average Bonchev–Trinajstić information content (AvgIpc) is 2.50. The molecule has 0 heterocycles. The van der Waals surface area contributed by atoms with Crippen molar-refractivity contribution in [3.63, 3.8) is 0 Å². The first-order valence-electron chi connectivity index (χ1n) is 7.74. The molecular formula is C17H25FN2O. The Kier molecular flexibility index (Phi) is 5.34. The first-order valence-corrected chi connectivity index (χ1v) is 7.74. The summed E-state index contributed by atoms with van der Waals surface area (Å²) in [5.74, 6) is -0.200. The lowest BCUT2D eigenvalue weighted by molar-refractivity contribution is -0.133. The van der Waals surface area contributed by atoms with E-state index < -0.39 is 0 Å². The van der Waals surface area contributed by atoms with E-state index >= 15 is 0 Å². The molecule has 3 nitrogen and oxygen atoms in total. The zero-order chi connectivity index (χ0) is 15.3. The van der Waals surface area contributed by atoms with Crippen LogP contribution in [0.4, 0.5) is 4.39 Å². The van der Waals surface area contributed by atoms with Crippen LogP contribution in [0.25, 0.3) is 0 Å². The molecule has 1 aliphatic rings. The normalized spacial score (nSPS) is 17.5. The Labute approximate surface area is 126 Å². The van der Waals surface area contributed by atoms with E-state index in [0.29, 0.717) is 25.1 Å². The molecule has 116 valence electrons. The van der Waals surface area contributed by atoms with Crippen LogP contribution in [0.5, 0.6) is 0 Å². The van der Waals surface area contributed by atoms with E-state index in [2.05, 4.69) is 0 Å². The highest BCUT2D eigenvalue weighted by atomic mass is 19.1. The quantitative estimate of drug-likeness (QED) is 0.906. The summed E-state index contributed by atoms with van der Waals surface area (Å²) >= 11 is 0. The Morgan fingerprint density at radius 3 is 2.57 bits per heavy atom. The Morgan fingerprint density at radius 2 is 1.95 bits per heavy atom. The maximum Gasteiger partial charge on any atom is 0.223 e. The third-order valence-corrected chi connectivity index (χ3v) is 4.66. The second-order valence-electron chi connectivity index (χ2n) is 6.28. The largest absolute Gasteiger partial charge is 0.341 e. The number of hydrogen-bond donors (Lipinski definition) is 1. The van der Waals surface area contributed by atoms with Gasteiger partial charge in [0.15, 0.2) is 0 Å². The van der Waals surface area contributed by atoms with Crippen molar-refractivity contribution in [3.05, 3.63) is 35.6 Å². The molecule has 0 unspecified atom stereocenters. The van der Waals surface area contributed by atoms with E-state index in [1.54, 1.807) is 30.1 Å². The van der Waals surface area contributed by atoms with Crippen LogP contribution in [0, 0.1) is 11.2 Å². The lowest BCUT2D eigenvalue weighted by Gasteiger charge is -2.36. The molecule has 1 aliphatic carbocycles. The first kappa shape index (κ1) is 16.0. The Balaban J connectivity index is 1.97. The highest BCUT2D eigenvalue weighted by Crippen LogP contribution is 2.38. The number of nitrogens with zero attached hydrogens (tertiary/aromatic N) is 1. The van der Waals surface area contributed by atoms with Gasteiger partial charge in [0.1, 0.15) is 5.82 Å². The summed E-state index contributed by atoms with van der Waals surface area (Å²) in [6, 6.07) is 6.60. The van der Waals surface area contributed by atoms with Crippen LogP contribution in [0.2, 0.25) is 0 Å². The summed E-state index contributed by atoms with van der Waals surface area (Å²) in [5, 5.41) is 0. The smallest absolute Gasteiger partial charge is 0.223 e. The fraction of sp³-hybridized carbons (Fsp3) is 0.588. The molecule has 0 spiro atoms. The van der Waals surface area contributed by atoms with Gasteiger partial charge in [-0.1, -0.05) is 37.5 Å². The average molecular weight is 292 g/mol. The summed E-state index contributed by atoms with van der Waals surface area (Å²) in [6.45, 7) is 0.873. The van der Waals surface area contributed by atoms with Gasteiger partial charge in [0.25, 0.3) is 0 Å². The second-order valence-corrected chi connectivity index (χ2v) is 6.28. The summed E-state index contributed by atoms with van der Waals surface area (Å²) in [6.07, 6.45) is 6.09. The molecule has 0 atom stereocenters. The Bertz CT molecular complexity index is 483. The van der Waals surface area contributed by atoms with Gasteiger partial charge < -0.3 is 10.6 Å². The predicted molar refractivity (Wildman–Crippen MR) is 82.1 cm³/mol. The molecule has 0 aromatic heterocycles. The Hall–Kier alpha value is -1.42. The van der Waals surface area contributed by atoms with Crippen molar-refractivity contribution in [2.24, 2.45) is 11.1 Å². The molecule has 1 saturated carbocycles. The van der Waals surface area contributed by atoms with Crippen molar-refractivity contribution in [2.75, 3.05) is 13.6 Å². The molecule has 21 heavy (non-hydrogen) atoms. The lowest BCUT2D eigenvalue weighted by atomic mass is 9.71. The van der Waals surface area contributed by atoms with E-state index in [-0.39, 0.29) is 17.1 Å². The molecular weight excluding hydrogens is 267 g/mol. The van der Waals surface area contributed by atoms with Crippen molar-refractivity contribution in [1.29, 1.82) is 0 Å². The van der Waals surface area contributed by atoms with E-state index in [4.69, 9.17) is 5.73 Å². The van der Waals surface area contributed by atoms with Crippen LogP contribution >= 0.6 is 0 Å². The molecule has 1 aromatic rings. The zero-order valence-corrected chi connectivity index (χ0v) is 12.8. The van der Waals surface area contributed by atoms with Gasteiger partial charge >= 0.3 is 0 Å². The van der Waals surface area contributed by atoms with Gasteiger partial charge in [-0.2, -0.15) is 0 Å². The van der Waals surface area contributed by atoms with Crippen molar-refractivity contribution < 1.29 is 9.18 Å². The molecule has 1 amide bonds. The van der Waals surface area contributed by atoms with Crippen LogP contribution in [-0.2, 0) is 11.3 Å². The molecule has 0 saturated heterocycles. The first-order chi connectivity index (χ1) is 10.1. The minimum absolute atomic E-state index is 0.0428. The Morgan fingerprint density at radius 1 is 1.29 bits per heavy atom. The number of hydrogen-bond acceptors (Lipinski definition) is 2. The number of halogens is 1. The molecule has 1 fully saturated rings.